The average molecular weight is 177 g/mol. The van der Waals surface area contributed by atoms with E-state index in [2.05, 4.69) is 23.2 Å². The standard InChI is InChI=1S/C7H12N2O.ClH/c1-9-4-2-7(3-5-9)6-8-10;/h2,6,10H,3-5H2,1H3;1H/b8-6+;. The van der Waals surface area contributed by atoms with Crippen LogP contribution < -0.4 is 0 Å². The maximum atomic E-state index is 8.20. The summed E-state index contributed by atoms with van der Waals surface area (Å²) in [6.07, 6.45) is 4.57. The molecule has 1 N–H and O–H groups in total. The number of nitrogens with zero attached hydrogens (tertiary/aromatic N) is 2. The lowest BCUT2D eigenvalue weighted by atomic mass is 10.1. The molecule has 0 aromatic heterocycles. The molecular formula is C7H13ClN2O. The molecule has 0 bridgehead atoms. The van der Waals surface area contributed by atoms with Crippen LogP contribution in [0.2, 0.25) is 0 Å². The molecule has 64 valence electrons. The molecule has 0 aromatic rings. The second-order valence-electron chi connectivity index (χ2n) is 2.54. The minimum Gasteiger partial charge on any atom is -0.411 e. The van der Waals surface area contributed by atoms with Crippen molar-refractivity contribution in [2.45, 2.75) is 6.42 Å². The van der Waals surface area contributed by atoms with Crippen molar-refractivity contribution in [3.63, 3.8) is 0 Å². The van der Waals surface area contributed by atoms with Crippen LogP contribution in [0.4, 0.5) is 0 Å². The van der Waals surface area contributed by atoms with Gasteiger partial charge in [-0.3, -0.25) is 0 Å². The van der Waals surface area contributed by atoms with E-state index >= 15 is 0 Å². The molecular weight excluding hydrogens is 164 g/mol. The van der Waals surface area contributed by atoms with E-state index in [4.69, 9.17) is 5.21 Å². The third-order valence-electron chi connectivity index (χ3n) is 1.67. The van der Waals surface area contributed by atoms with Gasteiger partial charge in [-0.25, -0.2) is 0 Å². The quantitative estimate of drug-likeness (QED) is 0.370. The Kier molecular flexibility index (Phi) is 4.90. The smallest absolute Gasteiger partial charge is 0.0691 e. The van der Waals surface area contributed by atoms with Crippen molar-refractivity contribution in [2.75, 3.05) is 20.1 Å². The molecule has 1 rings (SSSR count). The maximum absolute atomic E-state index is 8.20. The predicted octanol–water partition coefficient (Wildman–Crippen LogP) is 1.13. The first kappa shape index (κ1) is 10.5. The Hall–Kier alpha value is -0.540. The second kappa shape index (κ2) is 5.16. The van der Waals surface area contributed by atoms with E-state index < -0.39 is 0 Å². The molecule has 0 radical (unpaired) electrons. The van der Waals surface area contributed by atoms with Gasteiger partial charge in [-0.15, -0.1) is 12.4 Å². The van der Waals surface area contributed by atoms with Gasteiger partial charge in [-0.2, -0.15) is 0 Å². The Morgan fingerprint density at radius 3 is 2.91 bits per heavy atom. The number of hydrogen-bond acceptors (Lipinski definition) is 3. The highest BCUT2D eigenvalue weighted by Gasteiger charge is 2.04. The van der Waals surface area contributed by atoms with E-state index in [0.717, 1.165) is 25.1 Å². The summed E-state index contributed by atoms with van der Waals surface area (Å²) in [4.78, 5) is 2.22. The zero-order chi connectivity index (χ0) is 7.40. The molecule has 0 aromatic carbocycles. The van der Waals surface area contributed by atoms with Crippen molar-refractivity contribution in [3.8, 4) is 0 Å². The highest BCUT2D eigenvalue weighted by molar-refractivity contribution is 5.85. The Labute approximate surface area is 72.8 Å². The van der Waals surface area contributed by atoms with Crippen LogP contribution in [0.5, 0.6) is 0 Å². The molecule has 11 heavy (non-hydrogen) atoms. The molecule has 1 aliphatic heterocycles. The molecule has 0 atom stereocenters. The van der Waals surface area contributed by atoms with E-state index in [1.165, 1.54) is 6.21 Å². The normalized spacial score (nSPS) is 19.5. The van der Waals surface area contributed by atoms with Crippen LogP contribution >= 0.6 is 12.4 Å². The van der Waals surface area contributed by atoms with Crippen molar-refractivity contribution in [1.29, 1.82) is 0 Å². The fourth-order valence-corrected chi connectivity index (χ4v) is 0.978. The Morgan fingerprint density at radius 2 is 2.45 bits per heavy atom. The van der Waals surface area contributed by atoms with Crippen LogP contribution in [-0.2, 0) is 0 Å². The zero-order valence-electron chi connectivity index (χ0n) is 6.53. The lowest BCUT2D eigenvalue weighted by Gasteiger charge is -2.19. The lowest BCUT2D eigenvalue weighted by molar-refractivity contribution is 0.320. The Bertz CT molecular complexity index is 168. The Morgan fingerprint density at radius 1 is 1.73 bits per heavy atom. The molecule has 4 heteroatoms. The molecule has 0 fully saturated rings. The van der Waals surface area contributed by atoms with Crippen LogP contribution in [0.15, 0.2) is 16.8 Å². The molecule has 0 saturated carbocycles. The summed E-state index contributed by atoms with van der Waals surface area (Å²) >= 11 is 0. The zero-order valence-corrected chi connectivity index (χ0v) is 7.34. The van der Waals surface area contributed by atoms with Crippen LogP contribution in [0.3, 0.4) is 0 Å². The monoisotopic (exact) mass is 176 g/mol. The molecule has 0 saturated heterocycles. The number of halogens is 1. The van der Waals surface area contributed by atoms with E-state index in [-0.39, 0.29) is 12.4 Å². The second-order valence-corrected chi connectivity index (χ2v) is 2.54. The van der Waals surface area contributed by atoms with Gasteiger partial charge in [0, 0.05) is 13.1 Å². The molecule has 1 heterocycles. The van der Waals surface area contributed by atoms with Crippen LogP contribution in [0.25, 0.3) is 0 Å². The molecule has 0 aliphatic carbocycles. The van der Waals surface area contributed by atoms with Crippen molar-refractivity contribution >= 4 is 18.6 Å². The summed E-state index contributed by atoms with van der Waals surface area (Å²) in [5, 5.41) is 11.2. The minimum atomic E-state index is 0. The van der Waals surface area contributed by atoms with E-state index in [1.807, 2.05) is 0 Å². The highest BCUT2D eigenvalue weighted by atomic mass is 35.5. The maximum Gasteiger partial charge on any atom is 0.0691 e. The van der Waals surface area contributed by atoms with Gasteiger partial charge >= 0.3 is 0 Å². The summed E-state index contributed by atoms with van der Waals surface area (Å²) in [6.45, 7) is 2.01. The van der Waals surface area contributed by atoms with Gasteiger partial charge in [-0.1, -0.05) is 11.2 Å². The highest BCUT2D eigenvalue weighted by Crippen LogP contribution is 2.05. The first-order valence-corrected chi connectivity index (χ1v) is 3.38. The van der Waals surface area contributed by atoms with Crippen molar-refractivity contribution in [3.05, 3.63) is 11.6 Å². The van der Waals surface area contributed by atoms with E-state index in [0.29, 0.717) is 0 Å². The predicted molar refractivity (Wildman–Crippen MR) is 47.7 cm³/mol. The minimum absolute atomic E-state index is 0. The van der Waals surface area contributed by atoms with Gasteiger partial charge < -0.3 is 10.1 Å². The lowest BCUT2D eigenvalue weighted by Crippen LogP contribution is -2.24. The molecule has 0 amide bonds. The van der Waals surface area contributed by atoms with Gasteiger partial charge in [-0.05, 0) is 19.0 Å². The molecule has 0 unspecified atom stereocenters. The Balaban J connectivity index is 0.000001000. The van der Waals surface area contributed by atoms with E-state index in [9.17, 15) is 0 Å². The van der Waals surface area contributed by atoms with E-state index in [1.54, 1.807) is 0 Å². The van der Waals surface area contributed by atoms with Gasteiger partial charge in [0.05, 0.1) is 6.21 Å². The number of likely N-dealkylation sites (N-methyl/N-ethyl adjacent to an activating group) is 1. The van der Waals surface area contributed by atoms with Crippen LogP contribution in [-0.4, -0.2) is 36.5 Å². The fourth-order valence-electron chi connectivity index (χ4n) is 0.978. The number of hydrogen-bond donors (Lipinski definition) is 1. The average Bonchev–Trinajstić information content (AvgIpc) is 1.95. The topological polar surface area (TPSA) is 35.8 Å². The first-order chi connectivity index (χ1) is 4.83. The largest absolute Gasteiger partial charge is 0.411 e. The first-order valence-electron chi connectivity index (χ1n) is 3.38. The van der Waals surface area contributed by atoms with Gasteiger partial charge in [0.1, 0.15) is 0 Å². The summed E-state index contributed by atoms with van der Waals surface area (Å²) in [5.74, 6) is 0. The van der Waals surface area contributed by atoms with Crippen LogP contribution in [0, 0.1) is 0 Å². The summed E-state index contributed by atoms with van der Waals surface area (Å²) in [6, 6.07) is 0. The summed E-state index contributed by atoms with van der Waals surface area (Å²) in [5.41, 5.74) is 1.13. The molecule has 3 nitrogen and oxygen atoms in total. The molecule has 1 aliphatic rings. The summed E-state index contributed by atoms with van der Waals surface area (Å²) < 4.78 is 0. The van der Waals surface area contributed by atoms with Crippen molar-refractivity contribution < 1.29 is 5.21 Å². The van der Waals surface area contributed by atoms with Gasteiger partial charge in [0.2, 0.25) is 0 Å². The molecule has 0 spiro atoms. The SMILES string of the molecule is CN1CC=C(/C=N/O)CC1.Cl. The third kappa shape index (κ3) is 3.39. The van der Waals surface area contributed by atoms with Gasteiger partial charge in [0.25, 0.3) is 0 Å². The van der Waals surface area contributed by atoms with Crippen LogP contribution in [0.1, 0.15) is 6.42 Å². The third-order valence-corrected chi connectivity index (χ3v) is 1.67. The fraction of sp³-hybridized carbons (Fsp3) is 0.571. The summed E-state index contributed by atoms with van der Waals surface area (Å²) in [7, 11) is 2.07. The number of rotatable bonds is 1. The van der Waals surface area contributed by atoms with Crippen molar-refractivity contribution in [1.82, 2.24) is 4.90 Å². The number of oxime groups is 1. The van der Waals surface area contributed by atoms with Gasteiger partial charge in [0.15, 0.2) is 0 Å². The van der Waals surface area contributed by atoms with Crippen molar-refractivity contribution in [2.24, 2.45) is 5.16 Å².